The molecule has 0 saturated carbocycles. The number of benzene rings is 1. The number of aromatic nitrogens is 2. The molecule has 0 aliphatic rings. The fraction of sp³-hybridized carbons (Fsp3) is 0.267. The Hall–Kier alpha value is -2.63. The van der Waals surface area contributed by atoms with Gasteiger partial charge in [-0.25, -0.2) is 4.98 Å². The largest absolute Gasteiger partial charge is 0.469 e. The first kappa shape index (κ1) is 14.8. The molecular formula is C15H17N3O3. The summed E-state index contributed by atoms with van der Waals surface area (Å²) in [6.45, 7) is 0.731. The van der Waals surface area contributed by atoms with Crippen LogP contribution in [-0.2, 0) is 20.9 Å². The molecule has 6 heteroatoms. The van der Waals surface area contributed by atoms with E-state index in [1.807, 2.05) is 41.1 Å². The number of methoxy groups -OCH3 is 1. The van der Waals surface area contributed by atoms with Gasteiger partial charge in [0.2, 0.25) is 0 Å². The standard InChI is InChI=1S/C15H17N3O3/c1-20-15(19)7-10-21-17-14(11-18-9-8-16-12-18)13-5-3-2-4-6-13/h2-6,8-9,12H,7,10-11H2,1H3. The number of esters is 1. The van der Waals surface area contributed by atoms with Crippen LogP contribution in [0.25, 0.3) is 0 Å². The molecule has 0 unspecified atom stereocenters. The molecule has 0 aliphatic heterocycles. The molecule has 1 aromatic carbocycles. The van der Waals surface area contributed by atoms with Crippen LogP contribution in [0.2, 0.25) is 0 Å². The smallest absolute Gasteiger partial charge is 0.309 e. The number of carbonyl (C=O) groups is 1. The van der Waals surface area contributed by atoms with E-state index in [1.165, 1.54) is 7.11 Å². The minimum atomic E-state index is -0.318. The van der Waals surface area contributed by atoms with Gasteiger partial charge >= 0.3 is 5.97 Å². The van der Waals surface area contributed by atoms with Crippen LogP contribution >= 0.6 is 0 Å². The van der Waals surface area contributed by atoms with Crippen molar-refractivity contribution in [2.45, 2.75) is 13.0 Å². The first-order valence-corrected chi connectivity index (χ1v) is 6.56. The average molecular weight is 287 g/mol. The number of rotatable bonds is 7. The normalized spacial score (nSPS) is 11.2. The molecule has 0 bridgehead atoms. The van der Waals surface area contributed by atoms with Gasteiger partial charge in [0.15, 0.2) is 0 Å². The van der Waals surface area contributed by atoms with E-state index in [2.05, 4.69) is 14.9 Å². The molecule has 21 heavy (non-hydrogen) atoms. The topological polar surface area (TPSA) is 65.7 Å². The zero-order valence-corrected chi connectivity index (χ0v) is 11.8. The van der Waals surface area contributed by atoms with Crippen molar-refractivity contribution in [3.63, 3.8) is 0 Å². The van der Waals surface area contributed by atoms with E-state index in [0.717, 1.165) is 11.3 Å². The third-order valence-electron chi connectivity index (χ3n) is 2.80. The summed E-state index contributed by atoms with van der Waals surface area (Å²) in [7, 11) is 1.35. The second-order valence-electron chi connectivity index (χ2n) is 4.30. The lowest BCUT2D eigenvalue weighted by molar-refractivity contribution is -0.141. The summed E-state index contributed by atoms with van der Waals surface area (Å²) >= 11 is 0. The zero-order valence-electron chi connectivity index (χ0n) is 11.8. The minimum absolute atomic E-state index is 0.174. The number of hydrogen-bond acceptors (Lipinski definition) is 5. The van der Waals surface area contributed by atoms with E-state index in [-0.39, 0.29) is 19.0 Å². The summed E-state index contributed by atoms with van der Waals surface area (Å²) in [5.41, 5.74) is 1.72. The van der Waals surface area contributed by atoms with Crippen LogP contribution in [0.15, 0.2) is 54.2 Å². The van der Waals surface area contributed by atoms with Gasteiger partial charge in [0.1, 0.15) is 12.3 Å². The first-order valence-electron chi connectivity index (χ1n) is 6.56. The lowest BCUT2D eigenvalue weighted by atomic mass is 10.1. The highest BCUT2D eigenvalue weighted by molar-refractivity contribution is 6.00. The van der Waals surface area contributed by atoms with E-state index in [1.54, 1.807) is 12.5 Å². The Morgan fingerprint density at radius 3 is 2.81 bits per heavy atom. The highest BCUT2D eigenvalue weighted by Crippen LogP contribution is 2.05. The molecule has 2 rings (SSSR count). The monoisotopic (exact) mass is 287 g/mol. The average Bonchev–Trinajstić information content (AvgIpc) is 3.04. The first-order chi connectivity index (χ1) is 10.3. The second-order valence-corrected chi connectivity index (χ2v) is 4.30. The molecule has 0 amide bonds. The van der Waals surface area contributed by atoms with Crippen LogP contribution < -0.4 is 0 Å². The van der Waals surface area contributed by atoms with Crippen LogP contribution in [0.5, 0.6) is 0 Å². The van der Waals surface area contributed by atoms with Crippen molar-refractivity contribution >= 4 is 11.7 Å². The lowest BCUT2D eigenvalue weighted by Gasteiger charge is -2.07. The number of hydrogen-bond donors (Lipinski definition) is 0. The molecule has 0 aliphatic carbocycles. The van der Waals surface area contributed by atoms with Gasteiger partial charge in [-0.2, -0.15) is 0 Å². The Balaban J connectivity index is 2.03. The van der Waals surface area contributed by atoms with Crippen molar-refractivity contribution in [2.24, 2.45) is 5.16 Å². The molecule has 1 aromatic heterocycles. The van der Waals surface area contributed by atoms with Crippen LogP contribution in [-0.4, -0.2) is 34.9 Å². The summed E-state index contributed by atoms with van der Waals surface area (Å²) in [6, 6.07) is 9.73. The van der Waals surface area contributed by atoms with Gasteiger partial charge in [-0.15, -0.1) is 0 Å². The van der Waals surface area contributed by atoms with E-state index >= 15 is 0 Å². The summed E-state index contributed by atoms with van der Waals surface area (Å²) in [5.74, 6) is -0.318. The van der Waals surface area contributed by atoms with Crippen molar-refractivity contribution in [1.29, 1.82) is 0 Å². The Morgan fingerprint density at radius 2 is 2.14 bits per heavy atom. The fourth-order valence-electron chi connectivity index (χ4n) is 1.71. The highest BCUT2D eigenvalue weighted by atomic mass is 16.6. The van der Waals surface area contributed by atoms with Crippen LogP contribution in [0.4, 0.5) is 0 Å². The predicted molar refractivity (Wildman–Crippen MR) is 77.8 cm³/mol. The molecule has 2 aromatic rings. The van der Waals surface area contributed by atoms with Crippen LogP contribution in [0.3, 0.4) is 0 Å². The Kier molecular flexibility index (Phi) is 5.51. The lowest BCUT2D eigenvalue weighted by Crippen LogP contribution is -2.12. The van der Waals surface area contributed by atoms with Gasteiger partial charge in [0.05, 0.1) is 26.4 Å². The molecule has 0 fully saturated rings. The highest BCUT2D eigenvalue weighted by Gasteiger charge is 2.06. The van der Waals surface area contributed by atoms with Gasteiger partial charge in [-0.05, 0) is 0 Å². The predicted octanol–water partition coefficient (Wildman–Crippen LogP) is 1.87. The maximum absolute atomic E-state index is 11.0. The molecule has 1 heterocycles. The van der Waals surface area contributed by atoms with Crippen LogP contribution in [0.1, 0.15) is 12.0 Å². The Bertz CT molecular complexity index is 579. The van der Waals surface area contributed by atoms with E-state index in [0.29, 0.717) is 6.54 Å². The molecule has 6 nitrogen and oxygen atoms in total. The third-order valence-corrected chi connectivity index (χ3v) is 2.80. The SMILES string of the molecule is COC(=O)CCON=C(Cn1ccnc1)c1ccccc1. The molecule has 0 radical (unpaired) electrons. The second kappa shape index (κ2) is 7.84. The number of oxime groups is 1. The van der Waals surface area contributed by atoms with Gasteiger partial charge in [0, 0.05) is 18.0 Å². The Morgan fingerprint density at radius 1 is 1.33 bits per heavy atom. The molecule has 0 N–H and O–H groups in total. The molecular weight excluding hydrogens is 270 g/mol. The van der Waals surface area contributed by atoms with Gasteiger partial charge < -0.3 is 14.1 Å². The number of ether oxygens (including phenoxy) is 1. The van der Waals surface area contributed by atoms with E-state index < -0.39 is 0 Å². The van der Waals surface area contributed by atoms with Crippen molar-refractivity contribution in [3.05, 3.63) is 54.6 Å². The maximum Gasteiger partial charge on any atom is 0.309 e. The maximum atomic E-state index is 11.0. The van der Waals surface area contributed by atoms with Crippen molar-refractivity contribution < 1.29 is 14.4 Å². The molecule has 0 spiro atoms. The number of imidazole rings is 1. The summed E-state index contributed by atoms with van der Waals surface area (Å²) in [5, 5.41) is 4.14. The fourth-order valence-corrected chi connectivity index (χ4v) is 1.71. The molecule has 0 saturated heterocycles. The zero-order chi connectivity index (χ0) is 14.9. The Labute approximate surface area is 123 Å². The minimum Gasteiger partial charge on any atom is -0.469 e. The van der Waals surface area contributed by atoms with Gasteiger partial charge in [-0.1, -0.05) is 35.5 Å². The van der Waals surface area contributed by atoms with Gasteiger partial charge in [-0.3, -0.25) is 4.79 Å². The molecule has 110 valence electrons. The summed E-state index contributed by atoms with van der Waals surface area (Å²) in [4.78, 5) is 20.3. The van der Waals surface area contributed by atoms with E-state index in [9.17, 15) is 4.79 Å². The van der Waals surface area contributed by atoms with E-state index in [4.69, 9.17) is 4.84 Å². The summed E-state index contributed by atoms with van der Waals surface area (Å²) < 4.78 is 6.45. The third kappa shape index (κ3) is 4.76. The van der Waals surface area contributed by atoms with Crippen molar-refractivity contribution in [1.82, 2.24) is 9.55 Å². The quantitative estimate of drug-likeness (QED) is 0.337. The number of carbonyl (C=O) groups excluding carboxylic acids is 1. The molecule has 0 atom stereocenters. The van der Waals surface area contributed by atoms with Gasteiger partial charge in [0.25, 0.3) is 0 Å². The van der Waals surface area contributed by atoms with Crippen molar-refractivity contribution in [2.75, 3.05) is 13.7 Å². The van der Waals surface area contributed by atoms with Crippen molar-refractivity contribution in [3.8, 4) is 0 Å². The van der Waals surface area contributed by atoms with Crippen LogP contribution in [0, 0.1) is 0 Å². The number of nitrogens with zero attached hydrogens (tertiary/aromatic N) is 3. The summed E-state index contributed by atoms with van der Waals surface area (Å²) in [6.07, 6.45) is 5.45.